The van der Waals surface area contributed by atoms with Crippen LogP contribution in [0.5, 0.6) is 0 Å². The van der Waals surface area contributed by atoms with E-state index in [0.717, 1.165) is 13.0 Å². The first-order chi connectivity index (χ1) is 10.9. The van der Waals surface area contributed by atoms with Crippen molar-refractivity contribution < 1.29 is 9.26 Å². The Morgan fingerprint density at radius 3 is 2.33 bits per heavy atom. The number of nitrogens with zero attached hydrogens (tertiary/aromatic N) is 1. The summed E-state index contributed by atoms with van der Waals surface area (Å²) in [6.45, 7) is 18.9. The molecular weight excluding hydrogens is 314 g/mol. The molecule has 0 bridgehead atoms. The molecule has 1 aliphatic heterocycles. The minimum atomic E-state index is -1.88. The highest BCUT2D eigenvalue weighted by Crippen LogP contribution is 2.44. The van der Waals surface area contributed by atoms with Gasteiger partial charge in [0.15, 0.2) is 14.1 Å². The molecule has 2 atom stereocenters. The van der Waals surface area contributed by atoms with Gasteiger partial charge in [0.05, 0.1) is 0 Å². The molecular formula is C20H35NO2Si. The van der Waals surface area contributed by atoms with E-state index in [0.29, 0.717) is 12.0 Å². The predicted octanol–water partition coefficient (Wildman–Crippen LogP) is 5.59. The van der Waals surface area contributed by atoms with Gasteiger partial charge in [-0.2, -0.15) is 5.06 Å². The molecule has 1 aromatic rings. The van der Waals surface area contributed by atoms with Crippen LogP contribution in [0.1, 0.15) is 53.5 Å². The molecule has 1 fully saturated rings. The lowest BCUT2D eigenvalue weighted by Crippen LogP contribution is -2.48. The van der Waals surface area contributed by atoms with Crippen molar-refractivity contribution in [3.63, 3.8) is 0 Å². The molecule has 1 aromatic carbocycles. The zero-order valence-electron chi connectivity index (χ0n) is 16.7. The molecule has 0 amide bonds. The average molecular weight is 350 g/mol. The Balaban J connectivity index is 2.16. The first-order valence-corrected chi connectivity index (χ1v) is 12.0. The van der Waals surface area contributed by atoms with Crippen molar-refractivity contribution in [3.8, 4) is 0 Å². The molecule has 0 aliphatic carbocycles. The molecule has 0 saturated carbocycles. The van der Waals surface area contributed by atoms with Gasteiger partial charge in [-0.25, -0.2) is 0 Å². The van der Waals surface area contributed by atoms with Crippen LogP contribution in [0.3, 0.4) is 0 Å². The number of rotatable bonds is 5. The van der Waals surface area contributed by atoms with Gasteiger partial charge in [0.2, 0.25) is 0 Å². The number of hydrogen-bond acceptors (Lipinski definition) is 3. The first-order valence-electron chi connectivity index (χ1n) is 9.13. The monoisotopic (exact) mass is 349 g/mol. The Morgan fingerprint density at radius 1 is 1.25 bits per heavy atom. The van der Waals surface area contributed by atoms with Crippen LogP contribution in [-0.2, 0) is 15.8 Å². The lowest BCUT2D eigenvalue weighted by Gasteiger charge is -2.41. The molecule has 0 spiro atoms. The van der Waals surface area contributed by atoms with Crippen LogP contribution in [0.25, 0.3) is 0 Å². The second-order valence-electron chi connectivity index (χ2n) is 9.16. The predicted molar refractivity (Wildman–Crippen MR) is 103 cm³/mol. The van der Waals surface area contributed by atoms with E-state index in [9.17, 15) is 0 Å². The van der Waals surface area contributed by atoms with E-state index in [1.54, 1.807) is 0 Å². The Morgan fingerprint density at radius 2 is 1.83 bits per heavy atom. The summed E-state index contributed by atoms with van der Waals surface area (Å²) in [4.78, 5) is 6.40. The van der Waals surface area contributed by atoms with Gasteiger partial charge >= 0.3 is 0 Å². The van der Waals surface area contributed by atoms with Crippen molar-refractivity contribution in [2.24, 2.45) is 5.92 Å². The highest BCUT2D eigenvalue weighted by molar-refractivity contribution is 6.74. The van der Waals surface area contributed by atoms with E-state index in [1.807, 2.05) is 0 Å². The summed E-state index contributed by atoms with van der Waals surface area (Å²) >= 11 is 0. The molecule has 4 heteroatoms. The van der Waals surface area contributed by atoms with Gasteiger partial charge in [-0.3, -0.25) is 4.84 Å². The minimum Gasteiger partial charge on any atom is -0.389 e. The van der Waals surface area contributed by atoms with Gasteiger partial charge in [-0.05, 0) is 36.5 Å². The van der Waals surface area contributed by atoms with Crippen LogP contribution in [0, 0.1) is 5.92 Å². The lowest BCUT2D eigenvalue weighted by molar-refractivity contribution is -0.276. The summed E-state index contributed by atoms with van der Waals surface area (Å²) in [6.07, 6.45) is 0.921. The van der Waals surface area contributed by atoms with E-state index >= 15 is 0 Å². The lowest BCUT2D eigenvalue weighted by atomic mass is 9.98. The second-order valence-corrected chi connectivity index (χ2v) is 13.9. The number of hydroxylamine groups is 2. The van der Waals surface area contributed by atoms with Gasteiger partial charge in [-0.15, -0.1) is 0 Å². The van der Waals surface area contributed by atoms with Crippen molar-refractivity contribution in [1.29, 1.82) is 0 Å². The van der Waals surface area contributed by atoms with Crippen LogP contribution >= 0.6 is 0 Å². The minimum absolute atomic E-state index is 0.180. The molecule has 2 rings (SSSR count). The summed E-state index contributed by atoms with van der Waals surface area (Å²) in [5.41, 5.74) is 1.28. The summed E-state index contributed by atoms with van der Waals surface area (Å²) in [5, 5.41) is 2.33. The normalized spacial score (nSPS) is 26.3. The molecule has 0 unspecified atom stereocenters. The Kier molecular flexibility index (Phi) is 5.65. The van der Waals surface area contributed by atoms with E-state index in [4.69, 9.17) is 9.26 Å². The van der Waals surface area contributed by atoms with Gasteiger partial charge in [-0.1, -0.05) is 65.0 Å². The fraction of sp³-hybridized carbons (Fsp3) is 0.700. The van der Waals surface area contributed by atoms with Crippen LogP contribution in [0.2, 0.25) is 18.1 Å². The summed E-state index contributed by atoms with van der Waals surface area (Å²) in [5.74, 6) is 0.00533. The fourth-order valence-electron chi connectivity index (χ4n) is 3.07. The highest BCUT2D eigenvalue weighted by atomic mass is 28.4. The van der Waals surface area contributed by atoms with Crippen LogP contribution < -0.4 is 0 Å². The van der Waals surface area contributed by atoms with Gasteiger partial charge < -0.3 is 4.43 Å². The van der Waals surface area contributed by atoms with Crippen molar-refractivity contribution in [1.82, 2.24) is 5.06 Å². The molecule has 136 valence electrons. The summed E-state index contributed by atoms with van der Waals surface area (Å²) in [7, 11) is -1.88. The van der Waals surface area contributed by atoms with E-state index in [-0.39, 0.29) is 5.04 Å². The SMILES string of the molecule is CC(C)[C@@H]1C[C@@](C)(O[Si](C)(C)C(C)(C)C)ON1Cc1ccccc1. The summed E-state index contributed by atoms with van der Waals surface area (Å²) in [6, 6.07) is 10.9. The summed E-state index contributed by atoms with van der Waals surface area (Å²) < 4.78 is 6.67. The van der Waals surface area contributed by atoms with Crippen molar-refractivity contribution >= 4 is 8.32 Å². The van der Waals surface area contributed by atoms with Gasteiger partial charge in [0.25, 0.3) is 0 Å². The topological polar surface area (TPSA) is 21.7 Å². The molecule has 0 radical (unpaired) electrons. The molecule has 0 N–H and O–H groups in total. The maximum absolute atomic E-state index is 6.67. The third kappa shape index (κ3) is 4.48. The molecule has 1 heterocycles. The first kappa shape index (κ1) is 19.6. The van der Waals surface area contributed by atoms with E-state index in [1.165, 1.54) is 5.56 Å². The Labute approximate surface area is 149 Å². The third-order valence-electron chi connectivity index (χ3n) is 5.49. The van der Waals surface area contributed by atoms with Crippen LogP contribution in [-0.4, -0.2) is 25.2 Å². The van der Waals surface area contributed by atoms with Crippen LogP contribution in [0.15, 0.2) is 30.3 Å². The molecule has 1 saturated heterocycles. The maximum Gasteiger partial charge on any atom is 0.195 e. The van der Waals surface area contributed by atoms with Crippen molar-refractivity contribution in [3.05, 3.63) is 35.9 Å². The standard InChI is InChI=1S/C20H35NO2Si/c1-16(2)18-14-20(6,23-24(7,8)19(3,4)5)22-21(18)15-17-12-10-9-11-13-17/h9-13,16,18H,14-15H2,1-8H3/t18-,20+/m0/s1. The largest absolute Gasteiger partial charge is 0.389 e. The molecule has 1 aliphatic rings. The van der Waals surface area contributed by atoms with Crippen LogP contribution in [0.4, 0.5) is 0 Å². The van der Waals surface area contributed by atoms with Gasteiger partial charge in [0, 0.05) is 19.0 Å². The smallest absolute Gasteiger partial charge is 0.195 e. The van der Waals surface area contributed by atoms with Gasteiger partial charge in [0.1, 0.15) is 0 Å². The number of benzene rings is 1. The fourth-order valence-corrected chi connectivity index (χ4v) is 4.58. The Bertz CT molecular complexity index is 538. The number of hydrogen-bond donors (Lipinski definition) is 0. The zero-order chi connectivity index (χ0) is 18.2. The van der Waals surface area contributed by atoms with Crippen molar-refractivity contribution in [2.75, 3.05) is 0 Å². The second kappa shape index (κ2) is 6.91. The van der Waals surface area contributed by atoms with Crippen molar-refractivity contribution in [2.45, 2.75) is 84.5 Å². The van der Waals surface area contributed by atoms with E-state index in [2.05, 4.69) is 90.0 Å². The quantitative estimate of drug-likeness (QED) is 0.647. The average Bonchev–Trinajstić information content (AvgIpc) is 2.74. The Hall–Kier alpha value is -0.683. The molecule has 24 heavy (non-hydrogen) atoms. The molecule has 3 nitrogen and oxygen atoms in total. The van der Waals surface area contributed by atoms with E-state index < -0.39 is 14.1 Å². The highest BCUT2D eigenvalue weighted by Gasteiger charge is 2.50. The maximum atomic E-state index is 6.67. The zero-order valence-corrected chi connectivity index (χ0v) is 17.7. The molecule has 0 aromatic heterocycles. The third-order valence-corrected chi connectivity index (χ3v) is 10.0.